The molecule has 3 nitrogen and oxygen atoms in total. The molecule has 0 aromatic heterocycles. The highest BCUT2D eigenvalue weighted by atomic mass is 79.9. The van der Waals surface area contributed by atoms with E-state index in [1.54, 1.807) is 0 Å². The molecule has 2 fully saturated rings. The molecule has 2 atom stereocenters. The molecule has 0 saturated carbocycles. The quantitative estimate of drug-likeness (QED) is 0.851. The Hall–Kier alpha value is -0.580. The van der Waals surface area contributed by atoms with Gasteiger partial charge in [0.2, 0.25) is 0 Å². The Kier molecular flexibility index (Phi) is 5.10. The van der Waals surface area contributed by atoms with Crippen molar-refractivity contribution in [2.75, 3.05) is 0 Å². The van der Waals surface area contributed by atoms with Crippen molar-refractivity contribution in [1.82, 2.24) is 10.6 Å². The van der Waals surface area contributed by atoms with Gasteiger partial charge in [-0.25, -0.2) is 0 Å². The number of hydrogen-bond acceptors (Lipinski definition) is 2. The van der Waals surface area contributed by atoms with E-state index in [1.165, 1.54) is 12.8 Å². The molecule has 2 unspecified atom stereocenters. The molecule has 2 heterocycles. The monoisotopic (exact) mass is 358 g/mol. The first kappa shape index (κ1) is 15.8. The lowest BCUT2D eigenvalue weighted by Crippen LogP contribution is -2.48. The Bertz CT molecular complexity index is 497. The lowest BCUT2D eigenvalue weighted by atomic mass is 9.99. The number of carbonyl (C=O) groups excluding carboxylic acids is 1. The van der Waals surface area contributed by atoms with Gasteiger partial charge < -0.3 is 10.6 Å². The first-order valence-corrected chi connectivity index (χ1v) is 7.75. The Morgan fingerprint density at radius 3 is 2.60 bits per heavy atom. The van der Waals surface area contributed by atoms with E-state index >= 15 is 0 Å². The van der Waals surface area contributed by atoms with E-state index in [9.17, 15) is 4.79 Å². The van der Waals surface area contributed by atoms with Gasteiger partial charge in [0.15, 0.2) is 0 Å². The number of hydrogen-bond donors (Lipinski definition) is 2. The van der Waals surface area contributed by atoms with Crippen molar-refractivity contribution in [3.8, 4) is 0 Å². The van der Waals surface area contributed by atoms with Crippen LogP contribution in [-0.4, -0.2) is 24.0 Å². The summed E-state index contributed by atoms with van der Waals surface area (Å²) in [4.78, 5) is 12.4. The van der Waals surface area contributed by atoms with Crippen molar-refractivity contribution >= 4 is 34.2 Å². The smallest absolute Gasteiger partial charge is 0.251 e. The van der Waals surface area contributed by atoms with Gasteiger partial charge in [-0.2, -0.15) is 0 Å². The van der Waals surface area contributed by atoms with E-state index in [0.29, 0.717) is 18.1 Å². The summed E-state index contributed by atoms with van der Waals surface area (Å²) in [7, 11) is 0. The van der Waals surface area contributed by atoms with Crippen LogP contribution in [0.5, 0.6) is 0 Å². The summed E-state index contributed by atoms with van der Waals surface area (Å²) in [5, 5.41) is 6.80. The second kappa shape index (κ2) is 6.46. The van der Waals surface area contributed by atoms with E-state index in [0.717, 1.165) is 28.4 Å². The fraction of sp³-hybridized carbons (Fsp3) is 0.533. The van der Waals surface area contributed by atoms with E-state index in [1.807, 2.05) is 25.1 Å². The van der Waals surface area contributed by atoms with E-state index in [-0.39, 0.29) is 18.3 Å². The summed E-state index contributed by atoms with van der Waals surface area (Å²) < 4.78 is 0.991. The zero-order chi connectivity index (χ0) is 13.4. The zero-order valence-corrected chi connectivity index (χ0v) is 13.9. The number of halogens is 2. The van der Waals surface area contributed by atoms with Gasteiger partial charge in [0.25, 0.3) is 5.91 Å². The van der Waals surface area contributed by atoms with Gasteiger partial charge >= 0.3 is 0 Å². The number of nitrogens with one attached hydrogen (secondary N) is 2. The van der Waals surface area contributed by atoms with Crippen molar-refractivity contribution in [2.45, 2.75) is 50.7 Å². The third kappa shape index (κ3) is 3.18. The second-order valence-corrected chi connectivity index (χ2v) is 6.55. The third-order valence-electron chi connectivity index (χ3n) is 4.32. The average Bonchev–Trinajstić information content (AvgIpc) is 2.72. The molecule has 2 saturated heterocycles. The van der Waals surface area contributed by atoms with Gasteiger partial charge in [0, 0.05) is 28.2 Å². The molecule has 1 amide bonds. The van der Waals surface area contributed by atoms with E-state index in [4.69, 9.17) is 0 Å². The molecule has 2 aliphatic rings. The van der Waals surface area contributed by atoms with Crippen molar-refractivity contribution in [3.63, 3.8) is 0 Å². The lowest BCUT2D eigenvalue weighted by molar-refractivity contribution is 0.0923. The van der Waals surface area contributed by atoms with Crippen LogP contribution in [0.25, 0.3) is 0 Å². The fourth-order valence-corrected chi connectivity index (χ4v) is 3.66. The summed E-state index contributed by atoms with van der Waals surface area (Å²) in [6.45, 7) is 1.98. The molecule has 0 spiro atoms. The van der Waals surface area contributed by atoms with Gasteiger partial charge in [-0.3, -0.25) is 4.79 Å². The molecule has 5 heteroatoms. The molecule has 1 aromatic carbocycles. The largest absolute Gasteiger partial charge is 0.349 e. The molecular weight excluding hydrogens is 340 g/mol. The predicted molar refractivity (Wildman–Crippen MR) is 86.6 cm³/mol. The van der Waals surface area contributed by atoms with Gasteiger partial charge in [-0.15, -0.1) is 12.4 Å². The summed E-state index contributed by atoms with van der Waals surface area (Å²) in [5.74, 6) is 0.0603. The normalized spacial score (nSPS) is 27.8. The molecule has 3 rings (SSSR count). The van der Waals surface area contributed by atoms with Crippen LogP contribution in [0, 0.1) is 6.92 Å². The minimum absolute atomic E-state index is 0. The maximum atomic E-state index is 12.4. The van der Waals surface area contributed by atoms with Crippen LogP contribution >= 0.6 is 28.3 Å². The zero-order valence-electron chi connectivity index (χ0n) is 11.5. The molecule has 2 aliphatic heterocycles. The molecule has 110 valence electrons. The van der Waals surface area contributed by atoms with Crippen LogP contribution in [0.1, 0.15) is 41.6 Å². The third-order valence-corrected chi connectivity index (χ3v) is 5.18. The maximum Gasteiger partial charge on any atom is 0.251 e. The highest BCUT2D eigenvalue weighted by Crippen LogP contribution is 2.27. The van der Waals surface area contributed by atoms with Gasteiger partial charge in [-0.05, 0) is 50.3 Å². The van der Waals surface area contributed by atoms with Crippen LogP contribution in [0.3, 0.4) is 0 Å². The number of carbonyl (C=O) groups is 1. The average molecular weight is 360 g/mol. The van der Waals surface area contributed by atoms with Gasteiger partial charge in [-0.1, -0.05) is 22.0 Å². The number of rotatable bonds is 2. The van der Waals surface area contributed by atoms with Crippen LogP contribution in [0.2, 0.25) is 0 Å². The minimum Gasteiger partial charge on any atom is -0.349 e. The molecule has 20 heavy (non-hydrogen) atoms. The number of fused-ring (bicyclic) bond motifs is 2. The summed E-state index contributed by atoms with van der Waals surface area (Å²) in [6, 6.07) is 7.31. The van der Waals surface area contributed by atoms with Crippen molar-refractivity contribution < 1.29 is 4.79 Å². The first-order chi connectivity index (χ1) is 9.13. The van der Waals surface area contributed by atoms with Crippen LogP contribution in [0.15, 0.2) is 22.7 Å². The summed E-state index contributed by atoms with van der Waals surface area (Å²) >= 11 is 3.48. The van der Waals surface area contributed by atoms with E-state index in [2.05, 4.69) is 26.6 Å². The predicted octanol–water partition coefficient (Wildman–Crippen LogP) is 3.19. The molecular formula is C15H20BrClN2O. The maximum absolute atomic E-state index is 12.4. The fourth-order valence-electron chi connectivity index (χ4n) is 3.29. The Morgan fingerprint density at radius 2 is 1.95 bits per heavy atom. The van der Waals surface area contributed by atoms with Crippen molar-refractivity contribution in [3.05, 3.63) is 33.8 Å². The lowest BCUT2D eigenvalue weighted by Gasteiger charge is -2.29. The number of benzene rings is 1. The minimum atomic E-state index is 0. The van der Waals surface area contributed by atoms with Crippen LogP contribution in [-0.2, 0) is 0 Å². The topological polar surface area (TPSA) is 41.1 Å². The van der Waals surface area contributed by atoms with Gasteiger partial charge in [0.1, 0.15) is 0 Å². The number of amides is 1. The second-order valence-electron chi connectivity index (χ2n) is 5.69. The highest BCUT2D eigenvalue weighted by Gasteiger charge is 2.34. The Balaban J connectivity index is 0.00000147. The molecule has 0 radical (unpaired) electrons. The standard InChI is InChI=1S/C15H19BrN2O.ClH/c1-9-13(3-2-4-14(9)16)15(19)18-12-7-10-5-6-11(8-12)17-10;/h2-4,10-12,17H,5-8H2,1H3,(H,18,19);1H. The number of piperidine rings is 1. The van der Waals surface area contributed by atoms with Crippen molar-refractivity contribution in [2.24, 2.45) is 0 Å². The molecule has 2 N–H and O–H groups in total. The SMILES string of the molecule is Cc1c(Br)cccc1C(=O)NC1CC2CCC(C1)N2.Cl. The van der Waals surface area contributed by atoms with Gasteiger partial charge in [0.05, 0.1) is 0 Å². The van der Waals surface area contributed by atoms with Crippen LogP contribution in [0.4, 0.5) is 0 Å². The highest BCUT2D eigenvalue weighted by molar-refractivity contribution is 9.10. The Morgan fingerprint density at radius 1 is 1.30 bits per heavy atom. The first-order valence-electron chi connectivity index (χ1n) is 6.95. The van der Waals surface area contributed by atoms with Crippen molar-refractivity contribution in [1.29, 1.82) is 0 Å². The molecule has 2 bridgehead atoms. The summed E-state index contributed by atoms with van der Waals surface area (Å²) in [5.41, 5.74) is 1.79. The molecule has 1 aromatic rings. The molecule has 0 aliphatic carbocycles. The Labute approximate surface area is 134 Å². The van der Waals surface area contributed by atoms with Crippen LogP contribution < -0.4 is 10.6 Å². The van der Waals surface area contributed by atoms with E-state index < -0.39 is 0 Å². The summed E-state index contributed by atoms with van der Waals surface area (Å²) in [6.07, 6.45) is 4.64.